The van der Waals surface area contributed by atoms with E-state index in [1.165, 1.54) is 6.07 Å². The number of pyridine rings is 1. The molecule has 8 heteroatoms. The lowest BCUT2D eigenvalue weighted by atomic mass is 10.2. The highest BCUT2D eigenvalue weighted by Crippen LogP contribution is 2.21. The molecule has 0 saturated heterocycles. The standard InChI is InChI=1S/C12H9BrN4O3/c13-7-2-1-3-8(4-7)16-12(18)9-5-11(14)15-6-10(9)17(19)20/h1-6H,(H2,14,15)(H,16,18). The van der Waals surface area contributed by atoms with Gasteiger partial charge in [-0.25, -0.2) is 4.98 Å². The van der Waals surface area contributed by atoms with Crippen LogP contribution in [0.5, 0.6) is 0 Å². The van der Waals surface area contributed by atoms with Crippen molar-refractivity contribution in [2.24, 2.45) is 0 Å². The van der Waals surface area contributed by atoms with E-state index in [1.54, 1.807) is 24.3 Å². The average Bonchev–Trinajstić information content (AvgIpc) is 2.38. The zero-order valence-corrected chi connectivity index (χ0v) is 11.6. The van der Waals surface area contributed by atoms with Crippen LogP contribution in [-0.2, 0) is 0 Å². The molecule has 1 amide bonds. The maximum Gasteiger partial charge on any atom is 0.300 e. The van der Waals surface area contributed by atoms with E-state index in [4.69, 9.17) is 5.73 Å². The Hall–Kier alpha value is -2.48. The van der Waals surface area contributed by atoms with Crippen LogP contribution < -0.4 is 11.1 Å². The van der Waals surface area contributed by atoms with Gasteiger partial charge < -0.3 is 11.1 Å². The van der Waals surface area contributed by atoms with Crippen molar-refractivity contribution in [3.63, 3.8) is 0 Å². The molecule has 7 nitrogen and oxygen atoms in total. The van der Waals surface area contributed by atoms with E-state index >= 15 is 0 Å². The Kier molecular flexibility index (Phi) is 3.94. The molecule has 1 heterocycles. The number of nitrogen functional groups attached to an aromatic ring is 1. The second-order valence-corrected chi connectivity index (χ2v) is 4.76. The molecule has 1 aromatic carbocycles. The van der Waals surface area contributed by atoms with Crippen LogP contribution in [0.3, 0.4) is 0 Å². The number of nitrogens with zero attached hydrogens (tertiary/aromatic N) is 2. The van der Waals surface area contributed by atoms with Gasteiger partial charge in [0.1, 0.15) is 17.6 Å². The Bertz CT molecular complexity index is 690. The summed E-state index contributed by atoms with van der Waals surface area (Å²) in [6, 6.07) is 8.04. The Balaban J connectivity index is 2.34. The van der Waals surface area contributed by atoms with Crippen molar-refractivity contribution in [1.29, 1.82) is 0 Å². The Morgan fingerprint density at radius 1 is 1.40 bits per heavy atom. The molecule has 102 valence electrons. The summed E-state index contributed by atoms with van der Waals surface area (Å²) >= 11 is 3.27. The van der Waals surface area contributed by atoms with Gasteiger partial charge in [0, 0.05) is 10.2 Å². The van der Waals surface area contributed by atoms with Crippen LogP contribution in [0.25, 0.3) is 0 Å². The number of nitrogens with two attached hydrogens (primary N) is 1. The first-order valence-electron chi connectivity index (χ1n) is 5.44. The number of hydrogen-bond donors (Lipinski definition) is 2. The van der Waals surface area contributed by atoms with E-state index in [-0.39, 0.29) is 11.4 Å². The van der Waals surface area contributed by atoms with Crippen molar-refractivity contribution in [3.8, 4) is 0 Å². The minimum absolute atomic E-state index is 0.0370. The monoisotopic (exact) mass is 336 g/mol. The van der Waals surface area contributed by atoms with Crippen molar-refractivity contribution < 1.29 is 9.72 Å². The van der Waals surface area contributed by atoms with Crippen LogP contribution in [0.1, 0.15) is 10.4 Å². The van der Waals surface area contributed by atoms with Crippen molar-refractivity contribution in [1.82, 2.24) is 4.98 Å². The first-order valence-corrected chi connectivity index (χ1v) is 6.23. The van der Waals surface area contributed by atoms with E-state index in [0.717, 1.165) is 10.7 Å². The van der Waals surface area contributed by atoms with Crippen LogP contribution >= 0.6 is 15.9 Å². The number of anilines is 2. The first kappa shape index (κ1) is 13.9. The average molecular weight is 337 g/mol. The Labute approximate surface area is 122 Å². The van der Waals surface area contributed by atoms with Crippen molar-refractivity contribution in [2.75, 3.05) is 11.1 Å². The number of rotatable bonds is 3. The van der Waals surface area contributed by atoms with Gasteiger partial charge in [-0.15, -0.1) is 0 Å². The number of amides is 1. The van der Waals surface area contributed by atoms with Crippen molar-refractivity contribution in [3.05, 3.63) is 56.7 Å². The lowest BCUT2D eigenvalue weighted by Crippen LogP contribution is -2.14. The lowest BCUT2D eigenvalue weighted by Gasteiger charge is -2.06. The van der Waals surface area contributed by atoms with Gasteiger partial charge in [0.05, 0.1) is 4.92 Å². The van der Waals surface area contributed by atoms with Gasteiger partial charge in [-0.1, -0.05) is 22.0 Å². The smallest absolute Gasteiger partial charge is 0.300 e. The Morgan fingerprint density at radius 2 is 2.15 bits per heavy atom. The van der Waals surface area contributed by atoms with Gasteiger partial charge in [-0.05, 0) is 24.3 Å². The van der Waals surface area contributed by atoms with Crippen LogP contribution in [0.2, 0.25) is 0 Å². The number of carbonyl (C=O) groups is 1. The molecule has 0 unspecified atom stereocenters. The molecule has 0 spiro atoms. The van der Waals surface area contributed by atoms with Gasteiger partial charge >= 0.3 is 0 Å². The van der Waals surface area contributed by atoms with E-state index < -0.39 is 16.5 Å². The molecule has 0 aliphatic heterocycles. The van der Waals surface area contributed by atoms with Crippen LogP contribution in [-0.4, -0.2) is 15.8 Å². The number of benzene rings is 1. The van der Waals surface area contributed by atoms with Crippen LogP contribution in [0.4, 0.5) is 17.2 Å². The maximum atomic E-state index is 12.1. The topological polar surface area (TPSA) is 111 Å². The quantitative estimate of drug-likeness (QED) is 0.660. The van der Waals surface area contributed by atoms with Crippen LogP contribution in [0, 0.1) is 10.1 Å². The molecule has 2 aromatic rings. The van der Waals surface area contributed by atoms with E-state index in [2.05, 4.69) is 26.2 Å². The van der Waals surface area contributed by atoms with Gasteiger partial charge in [0.15, 0.2) is 0 Å². The summed E-state index contributed by atoms with van der Waals surface area (Å²) < 4.78 is 0.777. The molecule has 1 aromatic heterocycles. The zero-order valence-electron chi connectivity index (χ0n) is 10.0. The molecular formula is C12H9BrN4O3. The molecule has 20 heavy (non-hydrogen) atoms. The molecule has 2 rings (SSSR count). The fourth-order valence-electron chi connectivity index (χ4n) is 1.56. The molecule has 0 saturated carbocycles. The van der Waals surface area contributed by atoms with Gasteiger partial charge in [-0.2, -0.15) is 0 Å². The second-order valence-electron chi connectivity index (χ2n) is 3.85. The number of nitro groups is 1. The number of aromatic nitrogens is 1. The van der Waals surface area contributed by atoms with E-state index in [0.29, 0.717) is 5.69 Å². The molecule has 0 atom stereocenters. The lowest BCUT2D eigenvalue weighted by molar-refractivity contribution is -0.385. The highest BCUT2D eigenvalue weighted by molar-refractivity contribution is 9.10. The zero-order chi connectivity index (χ0) is 14.7. The first-order chi connectivity index (χ1) is 9.47. The third kappa shape index (κ3) is 3.09. The summed E-state index contributed by atoms with van der Waals surface area (Å²) in [6.07, 6.45) is 0.963. The fourth-order valence-corrected chi connectivity index (χ4v) is 1.96. The molecule has 0 radical (unpaired) electrons. The molecule has 0 aliphatic rings. The summed E-state index contributed by atoms with van der Waals surface area (Å²) in [6.45, 7) is 0. The summed E-state index contributed by atoms with van der Waals surface area (Å²) in [5.41, 5.74) is 5.44. The van der Waals surface area contributed by atoms with Crippen molar-refractivity contribution in [2.45, 2.75) is 0 Å². The predicted octanol–water partition coefficient (Wildman–Crippen LogP) is 2.59. The molecular weight excluding hydrogens is 328 g/mol. The fraction of sp³-hybridized carbons (Fsp3) is 0. The predicted molar refractivity (Wildman–Crippen MR) is 77.4 cm³/mol. The minimum Gasteiger partial charge on any atom is -0.384 e. The molecule has 0 fully saturated rings. The minimum atomic E-state index is -0.678. The summed E-state index contributed by atoms with van der Waals surface area (Å²) in [5.74, 6) is -0.584. The third-order valence-electron chi connectivity index (χ3n) is 2.43. The SMILES string of the molecule is Nc1cc(C(=O)Nc2cccc(Br)c2)c([N+](=O)[O-])cn1. The summed E-state index contributed by atoms with van der Waals surface area (Å²) in [5, 5.41) is 13.4. The number of nitrogens with one attached hydrogen (secondary N) is 1. The van der Waals surface area contributed by atoms with Gasteiger partial charge in [0.2, 0.25) is 0 Å². The third-order valence-corrected chi connectivity index (χ3v) is 2.92. The number of carbonyl (C=O) groups excluding carboxylic acids is 1. The normalized spacial score (nSPS) is 10.1. The highest BCUT2D eigenvalue weighted by atomic mass is 79.9. The largest absolute Gasteiger partial charge is 0.384 e. The highest BCUT2D eigenvalue weighted by Gasteiger charge is 2.21. The maximum absolute atomic E-state index is 12.1. The summed E-state index contributed by atoms with van der Waals surface area (Å²) in [7, 11) is 0. The van der Waals surface area contributed by atoms with E-state index in [9.17, 15) is 14.9 Å². The van der Waals surface area contributed by atoms with Crippen LogP contribution in [0.15, 0.2) is 41.0 Å². The second kappa shape index (κ2) is 5.66. The summed E-state index contributed by atoms with van der Waals surface area (Å²) in [4.78, 5) is 25.9. The number of halogens is 1. The van der Waals surface area contributed by atoms with Gasteiger partial charge in [-0.3, -0.25) is 14.9 Å². The molecule has 0 bridgehead atoms. The number of hydrogen-bond acceptors (Lipinski definition) is 5. The van der Waals surface area contributed by atoms with Crippen molar-refractivity contribution >= 4 is 39.0 Å². The Morgan fingerprint density at radius 3 is 2.80 bits per heavy atom. The molecule has 0 aliphatic carbocycles. The molecule has 3 N–H and O–H groups in total. The van der Waals surface area contributed by atoms with Gasteiger partial charge in [0.25, 0.3) is 11.6 Å². The van der Waals surface area contributed by atoms with E-state index in [1.807, 2.05) is 0 Å².